The normalized spacial score (nSPS) is 43.4. The van der Waals surface area contributed by atoms with Gasteiger partial charge in [0.1, 0.15) is 0 Å². The number of fused-ring (bicyclic) bond motifs is 2. The molecule has 0 spiro atoms. The van der Waals surface area contributed by atoms with E-state index < -0.39 is 0 Å². The minimum absolute atomic E-state index is 1.03. The van der Waals surface area contributed by atoms with Gasteiger partial charge in [0.2, 0.25) is 0 Å². The summed E-state index contributed by atoms with van der Waals surface area (Å²) in [7, 11) is 0. The van der Waals surface area contributed by atoms with Crippen molar-refractivity contribution in [2.45, 2.75) is 59.8 Å². The molecule has 0 nitrogen and oxygen atoms in total. The fourth-order valence-corrected chi connectivity index (χ4v) is 3.52. The van der Waals surface area contributed by atoms with Crippen molar-refractivity contribution in [1.29, 1.82) is 0 Å². The van der Waals surface area contributed by atoms with E-state index in [2.05, 4.69) is 13.8 Å². The quantitative estimate of drug-likeness (QED) is 0.517. The van der Waals surface area contributed by atoms with Crippen molar-refractivity contribution in [2.75, 3.05) is 0 Å². The molecule has 0 aromatic carbocycles. The highest BCUT2D eigenvalue weighted by molar-refractivity contribution is 4.83. The van der Waals surface area contributed by atoms with E-state index in [1.54, 1.807) is 6.42 Å². The van der Waals surface area contributed by atoms with Gasteiger partial charge >= 0.3 is 0 Å². The van der Waals surface area contributed by atoms with E-state index in [-0.39, 0.29) is 0 Å². The highest BCUT2D eigenvalue weighted by atomic mass is 14.4. The largest absolute Gasteiger partial charge is 0.0683 e. The van der Waals surface area contributed by atoms with Gasteiger partial charge in [-0.2, -0.15) is 0 Å². The van der Waals surface area contributed by atoms with Gasteiger partial charge in [0.15, 0.2) is 0 Å². The van der Waals surface area contributed by atoms with Crippen molar-refractivity contribution in [3.8, 4) is 0 Å². The van der Waals surface area contributed by atoms with Crippen LogP contribution in [-0.4, -0.2) is 0 Å². The second kappa shape index (κ2) is 5.02. The molecule has 13 heavy (non-hydrogen) atoms. The molecule has 2 bridgehead atoms. The van der Waals surface area contributed by atoms with Crippen LogP contribution in [0.3, 0.4) is 0 Å². The van der Waals surface area contributed by atoms with E-state index in [9.17, 15) is 0 Å². The Morgan fingerprint density at radius 2 is 0.923 bits per heavy atom. The topological polar surface area (TPSA) is 0 Å². The van der Waals surface area contributed by atoms with Gasteiger partial charge in [-0.15, -0.1) is 0 Å². The van der Waals surface area contributed by atoms with E-state index >= 15 is 0 Å². The number of hydrogen-bond acceptors (Lipinski definition) is 0. The van der Waals surface area contributed by atoms with Gasteiger partial charge in [0.05, 0.1) is 0 Å². The van der Waals surface area contributed by atoms with E-state index in [4.69, 9.17) is 0 Å². The zero-order chi connectivity index (χ0) is 9.84. The molecule has 0 saturated heterocycles. The van der Waals surface area contributed by atoms with E-state index in [1.165, 1.54) is 25.7 Å². The van der Waals surface area contributed by atoms with Crippen LogP contribution in [0.4, 0.5) is 0 Å². The maximum atomic E-state index is 2.44. The summed E-state index contributed by atoms with van der Waals surface area (Å²) in [6.45, 7) is 8.88. The molecule has 0 atom stereocenters. The van der Waals surface area contributed by atoms with Crippen LogP contribution >= 0.6 is 0 Å². The molecule has 78 valence electrons. The molecule has 0 heteroatoms. The van der Waals surface area contributed by atoms with Crippen molar-refractivity contribution in [1.82, 2.24) is 0 Å². The summed E-state index contributed by atoms with van der Waals surface area (Å²) in [4.78, 5) is 0. The molecule has 0 radical (unpaired) electrons. The zero-order valence-electron chi connectivity index (χ0n) is 9.84. The fourth-order valence-electron chi connectivity index (χ4n) is 3.52. The smallest absolute Gasteiger partial charge is 0.0407 e. The maximum absolute atomic E-state index is 2.44. The first-order chi connectivity index (χ1) is 6.24. The van der Waals surface area contributed by atoms with Crippen molar-refractivity contribution in [2.24, 2.45) is 23.7 Å². The summed E-state index contributed by atoms with van der Waals surface area (Å²) in [6, 6.07) is 0. The molecule has 2 aliphatic rings. The van der Waals surface area contributed by atoms with Crippen LogP contribution in [0, 0.1) is 23.7 Å². The predicted octanol–water partition coefficient (Wildman–Crippen LogP) is 4.49. The summed E-state index contributed by atoms with van der Waals surface area (Å²) in [5, 5.41) is 0. The van der Waals surface area contributed by atoms with Gasteiger partial charge in [-0.1, -0.05) is 27.7 Å². The van der Waals surface area contributed by atoms with Gasteiger partial charge < -0.3 is 0 Å². The molecule has 0 unspecified atom stereocenters. The monoisotopic (exact) mass is 182 g/mol. The van der Waals surface area contributed by atoms with Crippen LogP contribution in [0.1, 0.15) is 59.8 Å². The second-order valence-corrected chi connectivity index (χ2v) is 5.12. The first-order valence-electron chi connectivity index (χ1n) is 6.24. The van der Waals surface area contributed by atoms with Crippen molar-refractivity contribution < 1.29 is 0 Å². The Labute approximate surface area is 84.1 Å². The molecule has 2 saturated carbocycles. The highest BCUT2D eigenvalue weighted by Gasteiger charge is 2.32. The summed E-state index contributed by atoms with van der Waals surface area (Å²) in [5.41, 5.74) is 0. The Bertz CT molecular complexity index is 105. The first-order valence-corrected chi connectivity index (χ1v) is 6.24. The zero-order valence-corrected chi connectivity index (χ0v) is 9.84. The summed E-state index contributed by atoms with van der Waals surface area (Å²) in [6.07, 6.45) is 7.68. The first kappa shape index (κ1) is 11.1. The van der Waals surface area contributed by atoms with Crippen LogP contribution in [0.15, 0.2) is 0 Å². The molecule has 0 aromatic rings. The van der Waals surface area contributed by atoms with Gasteiger partial charge in [-0.25, -0.2) is 0 Å². The molecule has 0 aliphatic heterocycles. The lowest BCUT2D eigenvalue weighted by Crippen LogP contribution is -2.29. The lowest BCUT2D eigenvalue weighted by atomic mass is 9.65. The van der Waals surface area contributed by atoms with Gasteiger partial charge in [0.25, 0.3) is 0 Å². The summed E-state index contributed by atoms with van der Waals surface area (Å²) in [5.74, 6) is 4.28. The van der Waals surface area contributed by atoms with E-state index in [0.717, 1.165) is 23.7 Å². The third-order valence-corrected chi connectivity index (χ3v) is 3.61. The molecule has 0 amide bonds. The van der Waals surface area contributed by atoms with E-state index in [0.29, 0.717) is 0 Å². The standard InChI is InChI=1S/C11H20.C2H6/c1-8-3-10-5-9(2)6-11(4-8)7-10;1-2/h8-11H,3-7H2,1-2H3;1-2H3. The molecule has 2 aliphatic carbocycles. The van der Waals surface area contributed by atoms with Crippen LogP contribution in [0.2, 0.25) is 0 Å². The van der Waals surface area contributed by atoms with Crippen LogP contribution in [0.5, 0.6) is 0 Å². The molecule has 0 heterocycles. The number of hydrogen-bond donors (Lipinski definition) is 0. The molecule has 0 N–H and O–H groups in total. The molecular formula is C13H26. The van der Waals surface area contributed by atoms with Crippen LogP contribution in [-0.2, 0) is 0 Å². The van der Waals surface area contributed by atoms with E-state index in [1.807, 2.05) is 13.8 Å². The highest BCUT2D eigenvalue weighted by Crippen LogP contribution is 2.44. The van der Waals surface area contributed by atoms with Crippen molar-refractivity contribution in [3.63, 3.8) is 0 Å². The third-order valence-electron chi connectivity index (χ3n) is 3.61. The Hall–Kier alpha value is 0. The van der Waals surface area contributed by atoms with Crippen molar-refractivity contribution in [3.05, 3.63) is 0 Å². The summed E-state index contributed by atoms with van der Waals surface area (Å²) >= 11 is 0. The SMILES string of the molecule is CC.CC1CC2CC(C)CC(C1)C2. The minimum Gasteiger partial charge on any atom is -0.0683 e. The lowest BCUT2D eigenvalue weighted by molar-refractivity contribution is 0.111. The van der Waals surface area contributed by atoms with Gasteiger partial charge in [-0.3, -0.25) is 0 Å². The molecule has 2 fully saturated rings. The Kier molecular flexibility index (Phi) is 4.28. The minimum atomic E-state index is 1.03. The Morgan fingerprint density at radius 3 is 1.23 bits per heavy atom. The predicted molar refractivity (Wildman–Crippen MR) is 59.7 cm³/mol. The Balaban J connectivity index is 0.000000396. The van der Waals surface area contributed by atoms with Crippen LogP contribution < -0.4 is 0 Å². The lowest BCUT2D eigenvalue weighted by Gasteiger charge is -2.40. The van der Waals surface area contributed by atoms with Gasteiger partial charge in [0, 0.05) is 0 Å². The molecule has 0 aromatic heterocycles. The van der Waals surface area contributed by atoms with Crippen LogP contribution in [0.25, 0.3) is 0 Å². The van der Waals surface area contributed by atoms with Gasteiger partial charge in [-0.05, 0) is 55.8 Å². The third kappa shape index (κ3) is 3.00. The average Bonchev–Trinajstić information content (AvgIpc) is 2.04. The fraction of sp³-hybridized carbons (Fsp3) is 1.00. The molecular weight excluding hydrogens is 156 g/mol. The maximum Gasteiger partial charge on any atom is -0.0407 e. The molecule has 2 rings (SSSR count). The average molecular weight is 182 g/mol. The summed E-state index contributed by atoms with van der Waals surface area (Å²) < 4.78 is 0. The second-order valence-electron chi connectivity index (χ2n) is 5.12. The van der Waals surface area contributed by atoms with Crippen molar-refractivity contribution >= 4 is 0 Å². The Morgan fingerprint density at radius 1 is 0.615 bits per heavy atom. The number of rotatable bonds is 0.